The molecular weight excluding hydrogens is 472 g/mol. The second-order valence-corrected chi connectivity index (χ2v) is 10.0. The van der Waals surface area contributed by atoms with Crippen molar-refractivity contribution in [1.29, 1.82) is 5.26 Å². The molecule has 0 aromatic heterocycles. The maximum absolute atomic E-state index is 13.8. The predicted octanol–water partition coefficient (Wildman–Crippen LogP) is 4.58. The van der Waals surface area contributed by atoms with E-state index in [9.17, 15) is 19.6 Å². The average Bonchev–Trinajstić information content (AvgIpc) is 2.81. The molecule has 0 bridgehead atoms. The topological polar surface area (TPSA) is 121 Å². The second kappa shape index (κ2) is 12.8. The summed E-state index contributed by atoms with van der Waals surface area (Å²) in [7, 11) is 1.54. The summed E-state index contributed by atoms with van der Waals surface area (Å²) in [5.41, 5.74) is 1.16. The van der Waals surface area contributed by atoms with Crippen LogP contribution in [-0.4, -0.2) is 48.1 Å². The molecule has 2 unspecified atom stereocenters. The molecule has 0 aliphatic heterocycles. The van der Waals surface area contributed by atoms with Crippen molar-refractivity contribution in [3.8, 4) is 11.8 Å². The summed E-state index contributed by atoms with van der Waals surface area (Å²) in [4.78, 5) is 41.2. The summed E-state index contributed by atoms with van der Waals surface area (Å²) in [6.45, 7) is 10.2. The summed E-state index contributed by atoms with van der Waals surface area (Å²) in [6.07, 6.45) is -0.758. The van der Waals surface area contributed by atoms with Crippen molar-refractivity contribution in [2.45, 2.75) is 59.2 Å². The fourth-order valence-corrected chi connectivity index (χ4v) is 3.70. The maximum atomic E-state index is 13.8. The summed E-state index contributed by atoms with van der Waals surface area (Å²) >= 11 is 0. The molecule has 9 nitrogen and oxygen atoms in total. The third-order valence-electron chi connectivity index (χ3n) is 5.40. The van der Waals surface area contributed by atoms with E-state index in [1.54, 1.807) is 84.2 Å². The van der Waals surface area contributed by atoms with Crippen LogP contribution in [0.4, 0.5) is 10.5 Å². The zero-order valence-corrected chi connectivity index (χ0v) is 22.5. The molecule has 2 N–H and O–H groups in total. The van der Waals surface area contributed by atoms with Crippen molar-refractivity contribution in [2.24, 2.45) is 5.92 Å². The van der Waals surface area contributed by atoms with E-state index in [4.69, 9.17) is 9.47 Å². The third-order valence-corrected chi connectivity index (χ3v) is 5.40. The molecule has 0 saturated carbocycles. The summed E-state index contributed by atoms with van der Waals surface area (Å²) < 4.78 is 10.5. The number of hydrogen-bond donors (Lipinski definition) is 2. The largest absolute Gasteiger partial charge is 0.497 e. The number of carbonyl (C=O) groups excluding carboxylic acids is 3. The summed E-state index contributed by atoms with van der Waals surface area (Å²) in [5, 5.41) is 15.1. The van der Waals surface area contributed by atoms with Gasteiger partial charge in [-0.1, -0.05) is 43.7 Å². The number of carbonyl (C=O) groups is 3. The summed E-state index contributed by atoms with van der Waals surface area (Å²) in [6, 6.07) is 13.8. The van der Waals surface area contributed by atoms with Crippen LogP contribution in [0.2, 0.25) is 0 Å². The molecule has 0 fully saturated rings. The van der Waals surface area contributed by atoms with E-state index in [2.05, 4.69) is 10.6 Å². The molecule has 2 aromatic carbocycles. The zero-order valence-electron chi connectivity index (χ0n) is 22.5. The number of ether oxygens (including phenoxy) is 2. The van der Waals surface area contributed by atoms with Crippen molar-refractivity contribution in [3.05, 3.63) is 59.7 Å². The molecule has 2 aromatic rings. The minimum Gasteiger partial charge on any atom is -0.497 e. The maximum Gasteiger partial charge on any atom is 0.408 e. The Kier molecular flexibility index (Phi) is 10.1. The van der Waals surface area contributed by atoms with Gasteiger partial charge in [-0.15, -0.1) is 0 Å². The second-order valence-electron chi connectivity index (χ2n) is 10.0. The first-order valence-electron chi connectivity index (χ1n) is 12.0. The highest BCUT2D eigenvalue weighted by Crippen LogP contribution is 2.26. The molecule has 0 aliphatic rings. The molecule has 0 saturated heterocycles. The van der Waals surface area contributed by atoms with Crippen LogP contribution in [-0.2, 0) is 14.3 Å². The van der Waals surface area contributed by atoms with Crippen LogP contribution >= 0.6 is 0 Å². The minimum absolute atomic E-state index is 0.343. The average molecular weight is 509 g/mol. The number of nitriles is 1. The monoisotopic (exact) mass is 508 g/mol. The Balaban J connectivity index is 2.47. The molecule has 0 aliphatic carbocycles. The van der Waals surface area contributed by atoms with E-state index in [0.29, 0.717) is 17.0 Å². The van der Waals surface area contributed by atoms with Crippen LogP contribution in [0.5, 0.6) is 5.75 Å². The van der Waals surface area contributed by atoms with E-state index in [-0.39, 0.29) is 12.5 Å². The fraction of sp³-hybridized carbons (Fsp3) is 0.429. The third kappa shape index (κ3) is 8.53. The summed E-state index contributed by atoms with van der Waals surface area (Å²) in [5.74, 6) is -0.788. The van der Waals surface area contributed by atoms with Gasteiger partial charge < -0.3 is 25.0 Å². The number of nitrogens with one attached hydrogen (secondary N) is 2. The smallest absolute Gasteiger partial charge is 0.408 e. The van der Waals surface area contributed by atoms with Crippen LogP contribution in [0.1, 0.15) is 51.8 Å². The zero-order chi connectivity index (χ0) is 27.8. The van der Waals surface area contributed by atoms with Gasteiger partial charge in [-0.25, -0.2) is 4.79 Å². The molecule has 2 rings (SSSR count). The Morgan fingerprint density at radius 1 is 1.08 bits per heavy atom. The van der Waals surface area contributed by atoms with Gasteiger partial charge in [0.1, 0.15) is 30.0 Å². The van der Waals surface area contributed by atoms with Crippen molar-refractivity contribution < 1.29 is 23.9 Å². The van der Waals surface area contributed by atoms with Gasteiger partial charge in [0.15, 0.2) is 0 Å². The van der Waals surface area contributed by atoms with Gasteiger partial charge >= 0.3 is 6.09 Å². The Morgan fingerprint density at radius 3 is 2.24 bits per heavy atom. The van der Waals surface area contributed by atoms with E-state index in [1.165, 1.54) is 4.90 Å². The number of alkyl carbamates (subject to hydrolysis) is 1. The molecule has 0 radical (unpaired) electrons. The van der Waals surface area contributed by atoms with E-state index >= 15 is 0 Å². The van der Waals surface area contributed by atoms with Crippen LogP contribution in [0.3, 0.4) is 0 Å². The molecule has 198 valence electrons. The van der Waals surface area contributed by atoms with Crippen LogP contribution < -0.4 is 15.4 Å². The molecule has 3 amide bonds. The van der Waals surface area contributed by atoms with Gasteiger partial charge in [0, 0.05) is 5.69 Å². The van der Waals surface area contributed by atoms with Gasteiger partial charge in [0.05, 0.1) is 13.2 Å². The van der Waals surface area contributed by atoms with Crippen molar-refractivity contribution in [2.75, 3.05) is 19.0 Å². The van der Waals surface area contributed by atoms with E-state index in [0.717, 1.165) is 5.56 Å². The number of benzene rings is 2. The standard InChI is InChI=1S/C28H36N4O5/c1-18(2)23(31-27(35)37-28(4,5)6)26(34)32(16-15-29)24(20-10-8-9-19(3)17-20)25(33)30-21-11-13-22(36-7)14-12-21/h8-14,17-18,23-24H,16H2,1-7H3,(H,30,33)(H,31,35). The lowest BCUT2D eigenvalue weighted by atomic mass is 9.98. The lowest BCUT2D eigenvalue weighted by Crippen LogP contribution is -2.54. The first-order chi connectivity index (χ1) is 17.4. The Labute approximate surface area is 218 Å². The molecule has 37 heavy (non-hydrogen) atoms. The number of methoxy groups -OCH3 is 1. The highest BCUT2D eigenvalue weighted by Gasteiger charge is 2.37. The van der Waals surface area contributed by atoms with E-state index < -0.39 is 35.6 Å². The molecule has 2 atom stereocenters. The lowest BCUT2D eigenvalue weighted by molar-refractivity contribution is -0.140. The molecule has 0 heterocycles. The number of aryl methyl sites for hydroxylation is 1. The van der Waals surface area contributed by atoms with Crippen molar-refractivity contribution >= 4 is 23.6 Å². The van der Waals surface area contributed by atoms with Crippen LogP contribution in [0.25, 0.3) is 0 Å². The normalized spacial score (nSPS) is 12.6. The Morgan fingerprint density at radius 2 is 1.73 bits per heavy atom. The predicted molar refractivity (Wildman–Crippen MR) is 141 cm³/mol. The molecular formula is C28H36N4O5. The van der Waals surface area contributed by atoms with Gasteiger partial charge in [-0.3, -0.25) is 9.59 Å². The number of hydrogen-bond acceptors (Lipinski definition) is 6. The molecule has 0 spiro atoms. The van der Waals surface area contributed by atoms with E-state index in [1.807, 2.05) is 19.1 Å². The highest BCUT2D eigenvalue weighted by atomic mass is 16.6. The van der Waals surface area contributed by atoms with Gasteiger partial charge in [-0.2, -0.15) is 5.26 Å². The Hall–Kier alpha value is -4.06. The van der Waals surface area contributed by atoms with Crippen LogP contribution in [0.15, 0.2) is 48.5 Å². The van der Waals surface area contributed by atoms with Gasteiger partial charge in [0.2, 0.25) is 5.91 Å². The van der Waals surface area contributed by atoms with Crippen LogP contribution in [0, 0.1) is 24.2 Å². The first-order valence-corrected chi connectivity index (χ1v) is 12.0. The van der Waals surface area contributed by atoms with Crippen molar-refractivity contribution in [1.82, 2.24) is 10.2 Å². The van der Waals surface area contributed by atoms with Gasteiger partial charge in [0.25, 0.3) is 5.91 Å². The Bertz CT molecular complexity index is 1130. The minimum atomic E-state index is -1.13. The number of nitrogens with zero attached hydrogens (tertiary/aromatic N) is 2. The van der Waals surface area contributed by atoms with Gasteiger partial charge in [-0.05, 0) is 63.4 Å². The van der Waals surface area contributed by atoms with Crippen molar-refractivity contribution in [3.63, 3.8) is 0 Å². The lowest BCUT2D eigenvalue weighted by Gasteiger charge is -2.34. The number of anilines is 1. The number of amides is 3. The number of rotatable bonds is 9. The highest BCUT2D eigenvalue weighted by molar-refractivity contribution is 5.99. The SMILES string of the molecule is COc1ccc(NC(=O)C(c2cccc(C)c2)N(CC#N)C(=O)C(NC(=O)OC(C)(C)C)C(C)C)cc1. The molecule has 9 heteroatoms. The first kappa shape index (κ1) is 29.2. The fourth-order valence-electron chi connectivity index (χ4n) is 3.70. The quantitative estimate of drug-likeness (QED) is 0.478.